The summed E-state index contributed by atoms with van der Waals surface area (Å²) in [6.07, 6.45) is 0. The van der Waals surface area contributed by atoms with Crippen LogP contribution < -0.4 is 4.74 Å². The Morgan fingerprint density at radius 2 is 2.00 bits per heavy atom. The molecule has 0 aliphatic heterocycles. The van der Waals surface area contributed by atoms with Crippen LogP contribution in [0.25, 0.3) is 11.5 Å². The molecule has 19 heavy (non-hydrogen) atoms. The molecule has 0 bridgehead atoms. The van der Waals surface area contributed by atoms with Crippen LogP contribution in [-0.2, 0) is 11.3 Å². The summed E-state index contributed by atoms with van der Waals surface area (Å²) in [5, 5.41) is 8.23. The second kappa shape index (κ2) is 6.40. The molecule has 0 aliphatic carbocycles. The lowest BCUT2D eigenvalue weighted by atomic mass is 10.3. The summed E-state index contributed by atoms with van der Waals surface area (Å²) in [4.78, 5) is 8.57. The molecule has 0 N–H and O–H groups in total. The first-order valence-electron chi connectivity index (χ1n) is 5.24. The van der Waals surface area contributed by atoms with Crippen molar-refractivity contribution in [3.8, 4) is 17.4 Å². The fourth-order valence-electron chi connectivity index (χ4n) is 1.36. The Kier molecular flexibility index (Phi) is 4.83. The van der Waals surface area contributed by atoms with Gasteiger partial charge < -0.3 is 9.47 Å². The molecule has 0 aromatic carbocycles. The summed E-state index contributed by atoms with van der Waals surface area (Å²) in [6, 6.07) is 3.41. The Morgan fingerprint density at radius 3 is 2.58 bits per heavy atom. The van der Waals surface area contributed by atoms with E-state index in [4.69, 9.17) is 21.1 Å². The van der Waals surface area contributed by atoms with Gasteiger partial charge in [-0.05, 0) is 28.7 Å². The number of halogens is 2. The fraction of sp³-hybridized carbons (Fsp3) is 0.273. The first kappa shape index (κ1) is 14.4. The highest BCUT2D eigenvalue weighted by atomic mass is 127. The van der Waals surface area contributed by atoms with Crippen molar-refractivity contribution in [2.24, 2.45) is 0 Å². The third-order valence-corrected chi connectivity index (χ3v) is 3.96. The molecule has 100 valence electrons. The zero-order chi connectivity index (χ0) is 13.8. The van der Waals surface area contributed by atoms with Crippen molar-refractivity contribution in [1.82, 2.24) is 20.2 Å². The second-order valence-electron chi connectivity index (χ2n) is 3.49. The molecule has 0 spiro atoms. The summed E-state index contributed by atoms with van der Waals surface area (Å²) in [5.74, 6) is 0.838. The molecule has 0 aliphatic rings. The Balaban J connectivity index is 2.43. The van der Waals surface area contributed by atoms with E-state index in [-0.39, 0.29) is 0 Å². The molecule has 2 aromatic rings. The van der Waals surface area contributed by atoms with Crippen molar-refractivity contribution < 1.29 is 9.47 Å². The predicted octanol–water partition coefficient (Wildman–Crippen LogP) is 2.35. The van der Waals surface area contributed by atoms with Crippen molar-refractivity contribution in [1.29, 1.82) is 0 Å². The molecule has 0 fully saturated rings. The van der Waals surface area contributed by atoms with Gasteiger partial charge in [0.2, 0.25) is 5.88 Å². The first-order valence-corrected chi connectivity index (χ1v) is 6.70. The Morgan fingerprint density at radius 1 is 1.21 bits per heavy atom. The number of aromatic nitrogens is 4. The number of methoxy groups -OCH3 is 2. The number of hydrogen-bond acceptors (Lipinski definition) is 6. The lowest BCUT2D eigenvalue weighted by Crippen LogP contribution is -2.03. The van der Waals surface area contributed by atoms with Gasteiger partial charge in [-0.25, -0.2) is 9.97 Å². The molecular weight excluding hydrogens is 383 g/mol. The first-order chi connectivity index (χ1) is 9.15. The van der Waals surface area contributed by atoms with E-state index >= 15 is 0 Å². The molecule has 0 saturated carbocycles. The van der Waals surface area contributed by atoms with E-state index in [1.54, 1.807) is 19.2 Å². The zero-order valence-corrected chi connectivity index (χ0v) is 13.1. The van der Waals surface area contributed by atoms with Gasteiger partial charge in [-0.15, -0.1) is 10.2 Å². The van der Waals surface area contributed by atoms with Crippen LogP contribution in [0.1, 0.15) is 5.69 Å². The van der Waals surface area contributed by atoms with Gasteiger partial charge in [-0.1, -0.05) is 11.6 Å². The van der Waals surface area contributed by atoms with Crippen LogP contribution in [0.2, 0.25) is 5.15 Å². The average Bonchev–Trinajstić information content (AvgIpc) is 2.44. The molecule has 6 nitrogen and oxygen atoms in total. The molecular formula is C11H10ClIN4O2. The van der Waals surface area contributed by atoms with Crippen LogP contribution in [0.3, 0.4) is 0 Å². The van der Waals surface area contributed by atoms with Crippen molar-refractivity contribution >= 4 is 34.2 Å². The molecule has 0 unspecified atom stereocenters. The highest BCUT2D eigenvalue weighted by Gasteiger charge is 2.13. The molecule has 2 rings (SSSR count). The second-order valence-corrected chi connectivity index (χ2v) is 4.93. The topological polar surface area (TPSA) is 70.0 Å². The number of hydrogen-bond donors (Lipinski definition) is 0. The fourth-order valence-corrected chi connectivity index (χ4v) is 1.94. The summed E-state index contributed by atoms with van der Waals surface area (Å²) in [6.45, 7) is 0.358. The van der Waals surface area contributed by atoms with E-state index in [0.29, 0.717) is 29.2 Å². The van der Waals surface area contributed by atoms with Crippen LogP contribution >= 0.6 is 34.2 Å². The molecule has 0 atom stereocenters. The normalized spacial score (nSPS) is 10.5. The van der Waals surface area contributed by atoms with E-state index in [1.165, 1.54) is 7.11 Å². The Bertz CT molecular complexity index is 580. The van der Waals surface area contributed by atoms with Crippen LogP contribution in [0, 0.1) is 3.57 Å². The maximum atomic E-state index is 6.08. The van der Waals surface area contributed by atoms with Gasteiger partial charge in [-0.2, -0.15) is 0 Å². The minimum Gasteiger partial charge on any atom is -0.480 e. The van der Waals surface area contributed by atoms with E-state index in [1.807, 2.05) is 0 Å². The van der Waals surface area contributed by atoms with E-state index in [0.717, 1.165) is 9.26 Å². The summed E-state index contributed by atoms with van der Waals surface area (Å²) >= 11 is 8.16. The predicted molar refractivity (Wildman–Crippen MR) is 78.1 cm³/mol. The number of nitrogens with zero attached hydrogens (tertiary/aromatic N) is 4. The van der Waals surface area contributed by atoms with Crippen LogP contribution in [0.15, 0.2) is 12.1 Å². The van der Waals surface area contributed by atoms with Gasteiger partial charge in [0.05, 0.1) is 23.0 Å². The average molecular weight is 393 g/mol. The van der Waals surface area contributed by atoms with Gasteiger partial charge in [0.25, 0.3) is 0 Å². The van der Waals surface area contributed by atoms with E-state index in [2.05, 4.69) is 42.8 Å². The summed E-state index contributed by atoms with van der Waals surface area (Å²) < 4.78 is 10.8. The monoisotopic (exact) mass is 392 g/mol. The Labute approximate surface area is 128 Å². The summed E-state index contributed by atoms with van der Waals surface area (Å²) in [7, 11) is 3.12. The van der Waals surface area contributed by atoms with Gasteiger partial charge >= 0.3 is 0 Å². The lowest BCUT2D eigenvalue weighted by molar-refractivity contribution is 0.181. The quantitative estimate of drug-likeness (QED) is 0.588. The van der Waals surface area contributed by atoms with Gasteiger partial charge in [0, 0.05) is 13.2 Å². The van der Waals surface area contributed by atoms with Crippen molar-refractivity contribution in [3.63, 3.8) is 0 Å². The maximum Gasteiger partial charge on any atom is 0.233 e. The highest BCUT2D eigenvalue weighted by Crippen LogP contribution is 2.23. The largest absolute Gasteiger partial charge is 0.480 e. The van der Waals surface area contributed by atoms with Crippen molar-refractivity contribution in [3.05, 3.63) is 26.5 Å². The highest BCUT2D eigenvalue weighted by molar-refractivity contribution is 14.1. The molecule has 0 amide bonds. The standard InChI is InChI=1S/C11H10ClIN4O2/c1-18-5-7-9(13)10(12)15-11(14-7)6-3-4-8(19-2)17-16-6/h3-4H,5H2,1-2H3. The minimum atomic E-state index is 0.358. The zero-order valence-electron chi connectivity index (χ0n) is 10.2. The SMILES string of the molecule is COCc1nc(-c2ccc(OC)nn2)nc(Cl)c1I. The molecule has 2 aromatic heterocycles. The molecule has 0 radical (unpaired) electrons. The molecule has 8 heteroatoms. The summed E-state index contributed by atoms with van der Waals surface area (Å²) in [5.41, 5.74) is 1.24. The molecule has 2 heterocycles. The third-order valence-electron chi connectivity index (χ3n) is 2.24. The van der Waals surface area contributed by atoms with Gasteiger partial charge in [-0.3, -0.25) is 0 Å². The van der Waals surface area contributed by atoms with Crippen LogP contribution in [0.5, 0.6) is 5.88 Å². The van der Waals surface area contributed by atoms with Gasteiger partial charge in [0.15, 0.2) is 5.82 Å². The van der Waals surface area contributed by atoms with Crippen molar-refractivity contribution in [2.45, 2.75) is 6.61 Å². The van der Waals surface area contributed by atoms with Crippen molar-refractivity contribution in [2.75, 3.05) is 14.2 Å². The van der Waals surface area contributed by atoms with E-state index in [9.17, 15) is 0 Å². The third kappa shape index (κ3) is 3.28. The van der Waals surface area contributed by atoms with Crippen LogP contribution in [0.4, 0.5) is 0 Å². The van der Waals surface area contributed by atoms with E-state index < -0.39 is 0 Å². The van der Waals surface area contributed by atoms with Gasteiger partial charge in [0.1, 0.15) is 10.8 Å². The molecule has 0 saturated heterocycles. The smallest absolute Gasteiger partial charge is 0.233 e. The van der Waals surface area contributed by atoms with Crippen LogP contribution in [-0.4, -0.2) is 34.4 Å². The Hall–Kier alpha value is -1.06. The number of rotatable bonds is 4. The lowest BCUT2D eigenvalue weighted by Gasteiger charge is -2.07. The minimum absolute atomic E-state index is 0.358. The number of ether oxygens (including phenoxy) is 2. The maximum absolute atomic E-state index is 6.08.